The van der Waals surface area contributed by atoms with Gasteiger partial charge in [0.2, 0.25) is 0 Å². The van der Waals surface area contributed by atoms with Gasteiger partial charge in [0.15, 0.2) is 0 Å². The second-order valence-corrected chi connectivity index (χ2v) is 4.63. The minimum Gasteiger partial charge on any atom is -0.357 e. The lowest BCUT2D eigenvalue weighted by atomic mass is 10.1. The van der Waals surface area contributed by atoms with Gasteiger partial charge in [-0.25, -0.2) is 0 Å². The highest BCUT2D eigenvalue weighted by Crippen LogP contribution is 2.31. The number of allylic oxidation sites excluding steroid dienone is 1. The van der Waals surface area contributed by atoms with Crippen LogP contribution in [-0.2, 0) is 0 Å². The van der Waals surface area contributed by atoms with Gasteiger partial charge in [0.1, 0.15) is 5.40 Å². The van der Waals surface area contributed by atoms with E-state index in [4.69, 9.17) is 0 Å². The van der Waals surface area contributed by atoms with Gasteiger partial charge in [-0.3, -0.25) is 5.32 Å². The van der Waals surface area contributed by atoms with Crippen molar-refractivity contribution in [2.75, 3.05) is 13.1 Å². The second-order valence-electron chi connectivity index (χ2n) is 3.67. The number of hydrogen-bond donors (Lipinski definition) is 1. The molecule has 2 heterocycles. The molecule has 0 aromatic carbocycles. The van der Waals surface area contributed by atoms with Crippen molar-refractivity contribution in [2.24, 2.45) is 0 Å². The Morgan fingerprint density at radius 3 is 3.25 bits per heavy atom. The number of nitrogens with zero attached hydrogens (tertiary/aromatic N) is 1. The fraction of sp³-hybridized carbons (Fsp3) is 0.778. The first-order chi connectivity index (χ1) is 5.81. The Kier molecular flexibility index (Phi) is 2.38. The molecule has 0 bridgehead atoms. The summed E-state index contributed by atoms with van der Waals surface area (Å²) < 4.78 is 0. The summed E-state index contributed by atoms with van der Waals surface area (Å²) in [6, 6.07) is 0. The Morgan fingerprint density at radius 2 is 2.33 bits per heavy atom. The van der Waals surface area contributed by atoms with E-state index in [0.717, 1.165) is 6.54 Å². The molecule has 2 nitrogen and oxygen atoms in total. The molecule has 2 rings (SSSR count). The summed E-state index contributed by atoms with van der Waals surface area (Å²) in [5, 5.41) is 3.75. The molecule has 0 spiro atoms. The van der Waals surface area contributed by atoms with Gasteiger partial charge in [0, 0.05) is 6.54 Å². The third-order valence-electron chi connectivity index (χ3n) is 2.73. The van der Waals surface area contributed by atoms with Gasteiger partial charge in [0.05, 0.1) is 0 Å². The van der Waals surface area contributed by atoms with E-state index >= 15 is 0 Å². The molecule has 68 valence electrons. The zero-order valence-corrected chi connectivity index (χ0v) is 8.58. The third kappa shape index (κ3) is 1.51. The highest BCUT2D eigenvalue weighted by molar-refractivity contribution is 7.18. The van der Waals surface area contributed by atoms with E-state index in [2.05, 4.69) is 31.7 Å². The quantitative estimate of drug-likeness (QED) is 0.574. The molecule has 0 radical (unpaired) electrons. The zero-order chi connectivity index (χ0) is 8.44. The maximum atomic E-state index is 3.58. The molecule has 2 unspecified atom stereocenters. The molecule has 0 aromatic rings. The maximum absolute atomic E-state index is 3.58. The van der Waals surface area contributed by atoms with E-state index in [-0.39, 0.29) is 5.40 Å². The average Bonchev–Trinajstić information content (AvgIpc) is 2.25. The summed E-state index contributed by atoms with van der Waals surface area (Å²) in [5.41, 5.74) is 0. The van der Waals surface area contributed by atoms with Gasteiger partial charge in [-0.05, 0) is 38.4 Å². The van der Waals surface area contributed by atoms with Crippen molar-refractivity contribution in [3.63, 3.8) is 0 Å². The van der Waals surface area contributed by atoms with Crippen molar-refractivity contribution in [3.05, 3.63) is 12.3 Å². The van der Waals surface area contributed by atoms with Gasteiger partial charge in [-0.2, -0.15) is 0 Å². The summed E-state index contributed by atoms with van der Waals surface area (Å²) in [6.07, 6.45) is 9.58. The second kappa shape index (κ2) is 3.35. The smallest absolute Gasteiger partial charge is 0.104 e. The number of rotatable bonds is 0. The van der Waals surface area contributed by atoms with Crippen molar-refractivity contribution in [1.82, 2.24) is 10.2 Å². The van der Waals surface area contributed by atoms with E-state index < -0.39 is 0 Å². The first-order valence-corrected chi connectivity index (χ1v) is 5.36. The summed E-state index contributed by atoms with van der Waals surface area (Å²) in [4.78, 5) is 2.42. The normalized spacial score (nSPS) is 35.9. The molecule has 2 aliphatic heterocycles. The van der Waals surface area contributed by atoms with E-state index in [1.807, 2.05) is 0 Å². The van der Waals surface area contributed by atoms with E-state index in [1.54, 1.807) is 0 Å². The fourth-order valence-corrected chi connectivity index (χ4v) is 2.55. The molecule has 1 fully saturated rings. The Hall–Kier alpha value is -0.0700. The van der Waals surface area contributed by atoms with Crippen molar-refractivity contribution in [3.8, 4) is 0 Å². The first-order valence-electron chi connectivity index (χ1n) is 4.79. The van der Waals surface area contributed by atoms with Gasteiger partial charge in [-0.15, -0.1) is 0 Å². The van der Waals surface area contributed by atoms with Crippen molar-refractivity contribution < 1.29 is 0 Å². The monoisotopic (exact) mass is 184 g/mol. The van der Waals surface area contributed by atoms with Gasteiger partial charge in [0.25, 0.3) is 0 Å². The van der Waals surface area contributed by atoms with Gasteiger partial charge < -0.3 is 4.90 Å². The van der Waals surface area contributed by atoms with Crippen LogP contribution >= 0.6 is 9.24 Å². The number of fused-ring (bicyclic) bond motifs is 1. The molecule has 2 aliphatic rings. The molecule has 0 amide bonds. The Balaban J connectivity index is 2.15. The molecular formula is C9H17N2P. The molecule has 3 heteroatoms. The van der Waals surface area contributed by atoms with Gasteiger partial charge in [-0.1, -0.05) is 15.3 Å². The molecule has 1 saturated heterocycles. The van der Waals surface area contributed by atoms with Crippen LogP contribution in [-0.4, -0.2) is 23.4 Å². The van der Waals surface area contributed by atoms with E-state index in [9.17, 15) is 0 Å². The predicted molar refractivity (Wildman–Crippen MR) is 54.8 cm³/mol. The Bertz CT molecular complexity index is 193. The van der Waals surface area contributed by atoms with Crippen molar-refractivity contribution in [2.45, 2.75) is 31.1 Å². The SMILES string of the molecule is PC12CCCC=CN1CCCN2. The van der Waals surface area contributed by atoms with Crippen LogP contribution in [0.5, 0.6) is 0 Å². The lowest BCUT2D eigenvalue weighted by Crippen LogP contribution is -2.56. The Labute approximate surface area is 76.6 Å². The zero-order valence-electron chi connectivity index (χ0n) is 7.42. The van der Waals surface area contributed by atoms with Crippen LogP contribution in [0.15, 0.2) is 12.3 Å². The number of nitrogens with one attached hydrogen (secondary N) is 1. The Morgan fingerprint density at radius 1 is 1.42 bits per heavy atom. The molecule has 1 N–H and O–H groups in total. The average molecular weight is 184 g/mol. The van der Waals surface area contributed by atoms with Crippen LogP contribution in [0.1, 0.15) is 25.7 Å². The topological polar surface area (TPSA) is 15.3 Å². The minimum absolute atomic E-state index is 0.172. The van der Waals surface area contributed by atoms with Crippen molar-refractivity contribution in [1.29, 1.82) is 0 Å². The molecule has 0 aliphatic carbocycles. The molecule has 2 atom stereocenters. The number of hydrogen-bond acceptors (Lipinski definition) is 2. The molecular weight excluding hydrogens is 167 g/mol. The summed E-state index contributed by atoms with van der Waals surface area (Å²) in [6.45, 7) is 2.36. The highest BCUT2D eigenvalue weighted by Gasteiger charge is 2.32. The lowest BCUT2D eigenvalue weighted by Gasteiger charge is -2.44. The van der Waals surface area contributed by atoms with E-state index in [0.29, 0.717) is 0 Å². The molecule has 0 saturated carbocycles. The molecule has 12 heavy (non-hydrogen) atoms. The highest BCUT2D eigenvalue weighted by atomic mass is 31.0. The van der Waals surface area contributed by atoms with Crippen LogP contribution < -0.4 is 5.32 Å². The minimum atomic E-state index is 0.172. The summed E-state index contributed by atoms with van der Waals surface area (Å²) >= 11 is 0. The first kappa shape index (κ1) is 8.52. The third-order valence-corrected chi connectivity index (χ3v) is 3.56. The molecule has 0 aromatic heterocycles. The fourth-order valence-electron chi connectivity index (χ4n) is 1.99. The summed E-state index contributed by atoms with van der Waals surface area (Å²) in [7, 11) is 2.97. The lowest BCUT2D eigenvalue weighted by molar-refractivity contribution is 0.151. The standard InChI is InChI=1S/C9H17N2P/c12-9-5-2-1-3-7-11(9)8-4-6-10-9/h3,7,10H,1-2,4-6,8,12H2. The van der Waals surface area contributed by atoms with Crippen LogP contribution in [0.25, 0.3) is 0 Å². The van der Waals surface area contributed by atoms with Crippen LogP contribution in [0, 0.1) is 0 Å². The van der Waals surface area contributed by atoms with E-state index in [1.165, 1.54) is 32.2 Å². The van der Waals surface area contributed by atoms with Gasteiger partial charge >= 0.3 is 0 Å². The predicted octanol–water partition coefficient (Wildman–Crippen LogP) is 1.51. The van der Waals surface area contributed by atoms with Crippen molar-refractivity contribution >= 4 is 9.24 Å². The van der Waals surface area contributed by atoms with Crippen LogP contribution in [0.3, 0.4) is 0 Å². The summed E-state index contributed by atoms with van der Waals surface area (Å²) in [5.74, 6) is 0. The van der Waals surface area contributed by atoms with Crippen LogP contribution in [0.4, 0.5) is 0 Å². The van der Waals surface area contributed by atoms with Crippen LogP contribution in [0.2, 0.25) is 0 Å². The maximum Gasteiger partial charge on any atom is 0.104 e. The largest absolute Gasteiger partial charge is 0.357 e.